The van der Waals surface area contributed by atoms with Gasteiger partial charge in [0.05, 0.1) is 12.2 Å². The summed E-state index contributed by atoms with van der Waals surface area (Å²) < 4.78 is 24.8. The molecule has 0 spiro atoms. The van der Waals surface area contributed by atoms with Crippen LogP contribution in [-0.2, 0) is 9.53 Å². The molecule has 6 heteroatoms. The summed E-state index contributed by atoms with van der Waals surface area (Å²) in [5.41, 5.74) is 6.95. The van der Waals surface area contributed by atoms with E-state index in [1.54, 1.807) is 24.5 Å². The lowest BCUT2D eigenvalue weighted by molar-refractivity contribution is -0.117. The third-order valence-electron chi connectivity index (χ3n) is 4.79. The predicted molar refractivity (Wildman–Crippen MR) is 89.8 cm³/mol. The van der Waals surface area contributed by atoms with Crippen LogP contribution in [0.1, 0.15) is 36.0 Å². The van der Waals surface area contributed by atoms with Crippen LogP contribution in [0, 0.1) is 17.1 Å². The molecule has 0 bridgehead atoms. The highest BCUT2D eigenvalue weighted by molar-refractivity contribution is 6.00. The number of carbonyl (C=O) groups is 1. The highest BCUT2D eigenvalue weighted by Gasteiger charge is 2.41. The number of benzene rings is 1. The molecule has 0 fully saturated rings. The molecule has 2 aromatic rings. The van der Waals surface area contributed by atoms with Crippen molar-refractivity contribution in [3.63, 3.8) is 0 Å². The fourth-order valence-electron chi connectivity index (χ4n) is 3.65. The summed E-state index contributed by atoms with van der Waals surface area (Å²) in [4.78, 5) is 12.9. The second-order valence-electron chi connectivity index (χ2n) is 6.36. The van der Waals surface area contributed by atoms with E-state index in [-0.39, 0.29) is 29.6 Å². The van der Waals surface area contributed by atoms with Gasteiger partial charge in [-0.25, -0.2) is 4.39 Å². The predicted octanol–water partition coefficient (Wildman–Crippen LogP) is 3.63. The summed E-state index contributed by atoms with van der Waals surface area (Å²) in [6.07, 6.45) is 2.23. The second kappa shape index (κ2) is 6.19. The zero-order valence-electron chi connectivity index (χ0n) is 13.7. The number of ether oxygens (including phenoxy) is 1. The van der Waals surface area contributed by atoms with Crippen molar-refractivity contribution in [2.45, 2.75) is 24.7 Å². The number of nitriles is 1. The third-order valence-corrected chi connectivity index (χ3v) is 4.79. The minimum absolute atomic E-state index is 0.0478. The molecular weight excluding hydrogens is 335 g/mol. The zero-order chi connectivity index (χ0) is 18.3. The maximum Gasteiger partial charge on any atom is 0.205 e. The van der Waals surface area contributed by atoms with Gasteiger partial charge >= 0.3 is 0 Å². The minimum Gasteiger partial charge on any atom is -0.469 e. The minimum atomic E-state index is -0.718. The summed E-state index contributed by atoms with van der Waals surface area (Å²) in [5, 5.41) is 9.53. The first-order valence-electron chi connectivity index (χ1n) is 8.21. The molecule has 2 atom stereocenters. The van der Waals surface area contributed by atoms with E-state index in [0.717, 1.165) is 0 Å². The molecule has 1 aliphatic carbocycles. The van der Waals surface area contributed by atoms with Gasteiger partial charge in [-0.15, -0.1) is 0 Å². The summed E-state index contributed by atoms with van der Waals surface area (Å²) in [6.45, 7) is 0. The molecule has 4 rings (SSSR count). The van der Waals surface area contributed by atoms with E-state index >= 15 is 0 Å². The lowest BCUT2D eigenvalue weighted by Crippen LogP contribution is -2.29. The van der Waals surface area contributed by atoms with Gasteiger partial charge in [0.2, 0.25) is 5.88 Å². The maximum atomic E-state index is 13.7. The molecule has 0 saturated heterocycles. The molecule has 1 aromatic carbocycles. The SMILES string of the molecule is N#CC1=C(N)OC2=C(C(=O)C[C@@H](c3ccco3)C2)[C@H]1c1cccc(F)c1. The fraction of sp³-hybridized carbons (Fsp3) is 0.200. The number of hydrogen-bond donors (Lipinski definition) is 1. The number of furan rings is 1. The number of Topliss-reactive ketones (excluding diaryl/α,β-unsaturated/α-hetero) is 1. The summed E-state index contributed by atoms with van der Waals surface area (Å²) in [7, 11) is 0. The Morgan fingerprint density at radius 2 is 2.08 bits per heavy atom. The van der Waals surface area contributed by atoms with Crippen molar-refractivity contribution >= 4 is 5.78 Å². The van der Waals surface area contributed by atoms with E-state index in [1.165, 1.54) is 12.1 Å². The molecule has 0 radical (unpaired) electrons. The van der Waals surface area contributed by atoms with Crippen molar-refractivity contribution in [2.75, 3.05) is 0 Å². The van der Waals surface area contributed by atoms with E-state index in [0.29, 0.717) is 29.1 Å². The van der Waals surface area contributed by atoms with Crippen molar-refractivity contribution in [3.05, 3.63) is 82.6 Å². The van der Waals surface area contributed by atoms with Crippen molar-refractivity contribution in [1.29, 1.82) is 5.26 Å². The summed E-state index contributed by atoms with van der Waals surface area (Å²) in [6, 6.07) is 11.5. The average molecular weight is 350 g/mol. The first-order valence-corrected chi connectivity index (χ1v) is 8.21. The number of nitrogens with zero attached hydrogens (tertiary/aromatic N) is 1. The van der Waals surface area contributed by atoms with Crippen LogP contribution in [-0.4, -0.2) is 5.78 Å². The topological polar surface area (TPSA) is 89.3 Å². The molecule has 130 valence electrons. The molecular formula is C20H15FN2O3. The lowest BCUT2D eigenvalue weighted by Gasteiger charge is -2.33. The molecule has 5 nitrogen and oxygen atoms in total. The van der Waals surface area contributed by atoms with Crippen molar-refractivity contribution in [2.24, 2.45) is 5.73 Å². The third kappa shape index (κ3) is 2.58. The van der Waals surface area contributed by atoms with Gasteiger partial charge < -0.3 is 14.9 Å². The van der Waals surface area contributed by atoms with Crippen molar-refractivity contribution < 1.29 is 18.3 Å². The van der Waals surface area contributed by atoms with Crippen molar-refractivity contribution in [1.82, 2.24) is 0 Å². The maximum absolute atomic E-state index is 13.7. The van der Waals surface area contributed by atoms with Gasteiger partial charge in [-0.3, -0.25) is 4.79 Å². The average Bonchev–Trinajstić information content (AvgIpc) is 3.15. The van der Waals surface area contributed by atoms with Crippen LogP contribution in [0.15, 0.2) is 69.9 Å². The van der Waals surface area contributed by atoms with E-state index < -0.39 is 11.7 Å². The van der Waals surface area contributed by atoms with Gasteiger partial charge in [-0.05, 0) is 29.8 Å². The number of carbonyl (C=O) groups excluding carboxylic acids is 1. The van der Waals surface area contributed by atoms with E-state index in [2.05, 4.69) is 0 Å². The van der Waals surface area contributed by atoms with E-state index in [4.69, 9.17) is 14.9 Å². The van der Waals surface area contributed by atoms with Gasteiger partial charge in [0.25, 0.3) is 0 Å². The Morgan fingerprint density at radius 1 is 1.23 bits per heavy atom. The number of allylic oxidation sites excluding steroid dienone is 3. The monoisotopic (exact) mass is 350 g/mol. The Labute approximate surface area is 149 Å². The van der Waals surface area contributed by atoms with Crippen LogP contribution in [0.3, 0.4) is 0 Å². The highest BCUT2D eigenvalue weighted by Crippen LogP contribution is 2.46. The Bertz CT molecular complexity index is 983. The van der Waals surface area contributed by atoms with Crippen LogP contribution in [0.25, 0.3) is 0 Å². The van der Waals surface area contributed by atoms with E-state index in [1.807, 2.05) is 12.1 Å². The molecule has 2 N–H and O–H groups in total. The largest absolute Gasteiger partial charge is 0.469 e. The number of halogens is 1. The lowest BCUT2D eigenvalue weighted by atomic mass is 9.74. The Balaban J connectivity index is 1.82. The number of hydrogen-bond acceptors (Lipinski definition) is 5. The van der Waals surface area contributed by atoms with Crippen LogP contribution in [0.2, 0.25) is 0 Å². The van der Waals surface area contributed by atoms with Gasteiger partial charge in [0.15, 0.2) is 5.78 Å². The van der Waals surface area contributed by atoms with Crippen LogP contribution < -0.4 is 5.73 Å². The molecule has 0 unspecified atom stereocenters. The first kappa shape index (κ1) is 16.2. The van der Waals surface area contributed by atoms with Crippen LogP contribution >= 0.6 is 0 Å². The van der Waals surface area contributed by atoms with Gasteiger partial charge in [-0.1, -0.05) is 12.1 Å². The number of rotatable bonds is 2. The number of ketones is 1. The van der Waals surface area contributed by atoms with Gasteiger partial charge in [-0.2, -0.15) is 5.26 Å². The van der Waals surface area contributed by atoms with Gasteiger partial charge in [0.1, 0.15) is 29.0 Å². The molecule has 0 amide bonds. The van der Waals surface area contributed by atoms with Crippen LogP contribution in [0.4, 0.5) is 4.39 Å². The highest BCUT2D eigenvalue weighted by atomic mass is 19.1. The van der Waals surface area contributed by atoms with Crippen molar-refractivity contribution in [3.8, 4) is 6.07 Å². The molecule has 1 aliphatic heterocycles. The van der Waals surface area contributed by atoms with E-state index in [9.17, 15) is 14.4 Å². The smallest absolute Gasteiger partial charge is 0.205 e. The van der Waals surface area contributed by atoms with Crippen LogP contribution in [0.5, 0.6) is 0 Å². The number of nitrogens with two attached hydrogens (primary N) is 1. The molecule has 0 saturated carbocycles. The fourth-order valence-corrected chi connectivity index (χ4v) is 3.65. The summed E-state index contributed by atoms with van der Waals surface area (Å²) in [5.74, 6) is -0.387. The molecule has 2 heterocycles. The molecule has 1 aromatic heterocycles. The normalized spacial score (nSPS) is 22.7. The molecule has 2 aliphatic rings. The van der Waals surface area contributed by atoms with Gasteiger partial charge in [0, 0.05) is 24.3 Å². The standard InChI is InChI=1S/C20H15FN2O3/c21-13-4-1-3-11(7-13)18-14(10-22)20(23)26-17-9-12(8-15(24)19(17)18)16-5-2-6-25-16/h1-7,12,18H,8-9,23H2/t12-,18+/m1/s1. The quantitative estimate of drug-likeness (QED) is 0.893. The first-order chi connectivity index (χ1) is 12.6. The Hall–Kier alpha value is -3.33. The zero-order valence-corrected chi connectivity index (χ0v) is 13.7. The molecule has 26 heavy (non-hydrogen) atoms. The Morgan fingerprint density at radius 3 is 2.77 bits per heavy atom. The second-order valence-corrected chi connectivity index (χ2v) is 6.36. The Kier molecular flexibility index (Phi) is 3.85. The summed E-state index contributed by atoms with van der Waals surface area (Å²) >= 11 is 0.